The summed E-state index contributed by atoms with van der Waals surface area (Å²) in [6.45, 7) is 0.627. The summed E-state index contributed by atoms with van der Waals surface area (Å²) in [6, 6.07) is 8.94. The fourth-order valence-electron chi connectivity index (χ4n) is 2.33. The van der Waals surface area contributed by atoms with Gasteiger partial charge in [0.15, 0.2) is 0 Å². The van der Waals surface area contributed by atoms with Gasteiger partial charge < -0.3 is 10.0 Å². The predicted octanol–water partition coefficient (Wildman–Crippen LogP) is 3.13. The number of carboxylic acid groups (broad SMARTS) is 1. The molecule has 1 aliphatic heterocycles. The first-order valence-electron chi connectivity index (χ1n) is 6.48. The zero-order valence-electron chi connectivity index (χ0n) is 11.1. The molecule has 0 unspecified atom stereocenters. The second-order valence-electron chi connectivity index (χ2n) is 4.66. The highest BCUT2D eigenvalue weighted by Crippen LogP contribution is 2.31. The van der Waals surface area contributed by atoms with E-state index in [1.807, 2.05) is 17.5 Å². The third-order valence-electron chi connectivity index (χ3n) is 3.36. The monoisotopic (exact) mass is 319 g/mol. The molecule has 1 aromatic heterocycles. The molecule has 0 fully saturated rings. The number of benzene rings is 1. The van der Waals surface area contributed by atoms with Crippen LogP contribution in [-0.4, -0.2) is 29.3 Å². The SMILES string of the molecule is O=C(O)c1ccc2c(c1)N(C(=O)CSc1cccs1)CC2. The number of amides is 1. The summed E-state index contributed by atoms with van der Waals surface area (Å²) in [5, 5.41) is 11.0. The minimum absolute atomic E-state index is 0.0229. The van der Waals surface area contributed by atoms with Gasteiger partial charge in [0.25, 0.3) is 0 Å². The summed E-state index contributed by atoms with van der Waals surface area (Å²) in [7, 11) is 0. The van der Waals surface area contributed by atoms with Crippen molar-refractivity contribution in [3.05, 3.63) is 46.8 Å². The highest BCUT2D eigenvalue weighted by Gasteiger charge is 2.25. The molecular formula is C15H13NO3S2. The van der Waals surface area contributed by atoms with E-state index >= 15 is 0 Å². The predicted molar refractivity (Wildman–Crippen MR) is 84.5 cm³/mol. The second-order valence-corrected chi connectivity index (χ2v) is 6.89. The Bertz CT molecular complexity index is 682. The van der Waals surface area contributed by atoms with E-state index in [0.29, 0.717) is 12.3 Å². The number of anilines is 1. The zero-order valence-corrected chi connectivity index (χ0v) is 12.7. The van der Waals surface area contributed by atoms with Crippen molar-refractivity contribution in [2.45, 2.75) is 10.6 Å². The van der Waals surface area contributed by atoms with E-state index < -0.39 is 5.97 Å². The minimum atomic E-state index is -0.968. The van der Waals surface area contributed by atoms with Crippen LogP contribution in [0, 0.1) is 0 Å². The number of carboxylic acids is 1. The number of carbonyl (C=O) groups is 2. The molecule has 1 aliphatic rings. The maximum absolute atomic E-state index is 12.3. The Balaban J connectivity index is 1.75. The standard InChI is InChI=1S/C15H13NO3S2/c17-13(9-21-14-2-1-7-20-14)16-6-5-10-3-4-11(15(18)19)8-12(10)16/h1-4,7-8H,5-6,9H2,(H,18,19). The molecule has 108 valence electrons. The summed E-state index contributed by atoms with van der Waals surface area (Å²) >= 11 is 3.13. The van der Waals surface area contributed by atoms with E-state index in [1.54, 1.807) is 34.4 Å². The number of aromatic carboxylic acids is 1. The average molecular weight is 319 g/mol. The van der Waals surface area contributed by atoms with Gasteiger partial charge in [-0.05, 0) is 35.6 Å². The van der Waals surface area contributed by atoms with Crippen molar-refractivity contribution >= 4 is 40.7 Å². The molecule has 21 heavy (non-hydrogen) atoms. The molecule has 1 aromatic carbocycles. The fourth-order valence-corrected chi connectivity index (χ4v) is 3.99. The molecule has 6 heteroatoms. The van der Waals surface area contributed by atoms with Gasteiger partial charge in [-0.1, -0.05) is 12.1 Å². The summed E-state index contributed by atoms with van der Waals surface area (Å²) in [4.78, 5) is 25.1. The number of thiophene rings is 1. The first-order valence-corrected chi connectivity index (χ1v) is 8.34. The highest BCUT2D eigenvalue weighted by atomic mass is 32.2. The Labute approximate surface area is 130 Å². The van der Waals surface area contributed by atoms with Gasteiger partial charge in [0, 0.05) is 12.2 Å². The maximum Gasteiger partial charge on any atom is 0.335 e. The van der Waals surface area contributed by atoms with Crippen LogP contribution in [0.15, 0.2) is 39.9 Å². The number of hydrogen-bond donors (Lipinski definition) is 1. The lowest BCUT2D eigenvalue weighted by atomic mass is 10.1. The number of fused-ring (bicyclic) bond motifs is 1. The Hall–Kier alpha value is -1.79. The molecule has 1 N–H and O–H groups in total. The van der Waals surface area contributed by atoms with Gasteiger partial charge in [0.2, 0.25) is 5.91 Å². The Morgan fingerprint density at radius 2 is 2.19 bits per heavy atom. The van der Waals surface area contributed by atoms with Gasteiger partial charge in [0.1, 0.15) is 0 Å². The van der Waals surface area contributed by atoms with Crippen LogP contribution in [0.5, 0.6) is 0 Å². The fraction of sp³-hybridized carbons (Fsp3) is 0.200. The third kappa shape index (κ3) is 2.96. The van der Waals surface area contributed by atoms with E-state index in [4.69, 9.17) is 5.11 Å². The van der Waals surface area contributed by atoms with Crippen LogP contribution >= 0.6 is 23.1 Å². The van der Waals surface area contributed by atoms with Crippen LogP contribution in [0.3, 0.4) is 0 Å². The molecule has 0 saturated heterocycles. The molecule has 0 aliphatic carbocycles. The van der Waals surface area contributed by atoms with Gasteiger partial charge in [0.05, 0.1) is 15.5 Å². The number of carbonyl (C=O) groups excluding carboxylic acids is 1. The van der Waals surface area contributed by atoms with E-state index in [2.05, 4.69) is 0 Å². The van der Waals surface area contributed by atoms with E-state index in [9.17, 15) is 9.59 Å². The van der Waals surface area contributed by atoms with E-state index in [0.717, 1.165) is 21.9 Å². The van der Waals surface area contributed by atoms with Gasteiger partial charge in [-0.3, -0.25) is 4.79 Å². The molecule has 0 saturated carbocycles. The smallest absolute Gasteiger partial charge is 0.335 e. The van der Waals surface area contributed by atoms with Crippen molar-refractivity contribution in [1.29, 1.82) is 0 Å². The molecule has 2 aromatic rings. The molecule has 0 spiro atoms. The molecule has 2 heterocycles. The topological polar surface area (TPSA) is 57.6 Å². The molecule has 0 atom stereocenters. The number of rotatable bonds is 4. The van der Waals surface area contributed by atoms with Crippen molar-refractivity contribution in [2.75, 3.05) is 17.2 Å². The van der Waals surface area contributed by atoms with Gasteiger partial charge in [-0.2, -0.15) is 0 Å². The Kier molecular flexibility index (Phi) is 3.98. The van der Waals surface area contributed by atoms with Gasteiger partial charge >= 0.3 is 5.97 Å². The summed E-state index contributed by atoms with van der Waals surface area (Å²) in [6.07, 6.45) is 0.782. The quantitative estimate of drug-likeness (QED) is 0.880. The molecule has 0 bridgehead atoms. The zero-order chi connectivity index (χ0) is 14.8. The molecule has 1 amide bonds. The van der Waals surface area contributed by atoms with Crippen LogP contribution in [0.1, 0.15) is 15.9 Å². The highest BCUT2D eigenvalue weighted by molar-refractivity contribution is 8.01. The van der Waals surface area contributed by atoms with E-state index in [-0.39, 0.29) is 11.5 Å². The largest absolute Gasteiger partial charge is 0.478 e. The van der Waals surface area contributed by atoms with Crippen LogP contribution in [-0.2, 0) is 11.2 Å². The van der Waals surface area contributed by atoms with Crippen LogP contribution < -0.4 is 4.90 Å². The average Bonchev–Trinajstić information content (AvgIpc) is 3.13. The minimum Gasteiger partial charge on any atom is -0.478 e. The van der Waals surface area contributed by atoms with E-state index in [1.165, 1.54) is 11.8 Å². The Morgan fingerprint density at radius 3 is 2.90 bits per heavy atom. The summed E-state index contributed by atoms with van der Waals surface area (Å²) < 4.78 is 1.11. The molecular weight excluding hydrogens is 306 g/mol. The van der Waals surface area contributed by atoms with Crippen molar-refractivity contribution in [2.24, 2.45) is 0 Å². The molecule has 0 radical (unpaired) electrons. The first kappa shape index (κ1) is 14.2. The van der Waals surface area contributed by atoms with Crippen LogP contribution in [0.2, 0.25) is 0 Å². The van der Waals surface area contributed by atoms with Crippen molar-refractivity contribution in [3.63, 3.8) is 0 Å². The summed E-state index contributed by atoms with van der Waals surface area (Å²) in [5.41, 5.74) is 2.00. The summed E-state index contributed by atoms with van der Waals surface area (Å²) in [5.74, 6) is -0.572. The van der Waals surface area contributed by atoms with Crippen LogP contribution in [0.25, 0.3) is 0 Å². The van der Waals surface area contributed by atoms with Crippen molar-refractivity contribution in [1.82, 2.24) is 0 Å². The Morgan fingerprint density at radius 1 is 1.33 bits per heavy atom. The lowest BCUT2D eigenvalue weighted by molar-refractivity contribution is -0.116. The number of thioether (sulfide) groups is 1. The lowest BCUT2D eigenvalue weighted by Crippen LogP contribution is -2.30. The maximum atomic E-state index is 12.3. The second kappa shape index (κ2) is 5.91. The lowest BCUT2D eigenvalue weighted by Gasteiger charge is -2.17. The number of nitrogens with zero attached hydrogens (tertiary/aromatic N) is 1. The van der Waals surface area contributed by atoms with Gasteiger partial charge in [-0.25, -0.2) is 4.79 Å². The normalized spacial score (nSPS) is 13.2. The first-order chi connectivity index (χ1) is 10.1. The molecule has 3 rings (SSSR count). The van der Waals surface area contributed by atoms with Crippen LogP contribution in [0.4, 0.5) is 5.69 Å². The number of hydrogen-bond acceptors (Lipinski definition) is 4. The van der Waals surface area contributed by atoms with Gasteiger partial charge in [-0.15, -0.1) is 23.1 Å². The van der Waals surface area contributed by atoms with Crippen molar-refractivity contribution < 1.29 is 14.7 Å². The molecule has 4 nitrogen and oxygen atoms in total. The third-order valence-corrected chi connectivity index (χ3v) is 5.48. The van der Waals surface area contributed by atoms with Crippen molar-refractivity contribution in [3.8, 4) is 0 Å².